The summed E-state index contributed by atoms with van der Waals surface area (Å²) < 4.78 is 2.20. The molecule has 2 amide bonds. The molecule has 10 heteroatoms. The minimum atomic E-state index is -0.357. The number of rotatable bonds is 7. The molecule has 0 spiro atoms. The second kappa shape index (κ2) is 10.2. The average molecular weight is 484 g/mol. The summed E-state index contributed by atoms with van der Waals surface area (Å²) in [7, 11) is 0. The molecule has 0 fully saturated rings. The molecule has 2 aromatic carbocycles. The number of aromatic amines is 1. The van der Waals surface area contributed by atoms with E-state index in [0.29, 0.717) is 5.56 Å². The Hall–Kier alpha value is -2.82. The molecule has 2 heterocycles. The van der Waals surface area contributed by atoms with Crippen molar-refractivity contribution in [3.05, 3.63) is 71.0 Å². The summed E-state index contributed by atoms with van der Waals surface area (Å²) in [4.78, 5) is 29.9. The number of aryl methyl sites for hydroxylation is 2. The molecule has 32 heavy (non-hydrogen) atoms. The molecular weight excluding hydrogens is 462 g/mol. The number of nitrogens with one attached hydrogen (secondary N) is 3. The smallest absolute Gasteiger partial charge is 0.269 e. The summed E-state index contributed by atoms with van der Waals surface area (Å²) in [6.07, 6.45) is 0. The van der Waals surface area contributed by atoms with Crippen LogP contribution in [0.4, 0.5) is 0 Å². The maximum atomic E-state index is 12.3. The van der Waals surface area contributed by atoms with Crippen LogP contribution in [0.25, 0.3) is 10.2 Å². The molecule has 0 unspecified atom stereocenters. The fourth-order valence-electron chi connectivity index (χ4n) is 2.94. The van der Waals surface area contributed by atoms with Crippen molar-refractivity contribution in [1.29, 1.82) is 0 Å². The number of benzene rings is 2. The third kappa shape index (κ3) is 5.50. The molecule has 4 aromatic rings. The first-order chi connectivity index (χ1) is 15.5. The summed E-state index contributed by atoms with van der Waals surface area (Å²) in [5, 5.41) is 6.99. The predicted molar refractivity (Wildman–Crippen MR) is 130 cm³/mol. The Kier molecular flexibility index (Phi) is 7.13. The van der Waals surface area contributed by atoms with Crippen LogP contribution in [0.1, 0.15) is 27.3 Å². The van der Waals surface area contributed by atoms with Crippen molar-refractivity contribution < 1.29 is 9.59 Å². The van der Waals surface area contributed by atoms with E-state index in [9.17, 15) is 9.59 Å². The van der Waals surface area contributed by atoms with E-state index in [1.54, 1.807) is 35.2 Å². The number of nitrogens with zero attached hydrogens (tertiary/aromatic N) is 2. The number of H-pyrrole nitrogens is 1. The zero-order chi connectivity index (χ0) is 22.5. The normalized spacial score (nSPS) is 10.9. The first-order valence-corrected chi connectivity index (χ1v) is 12.6. The van der Waals surface area contributed by atoms with Gasteiger partial charge >= 0.3 is 0 Å². The van der Waals surface area contributed by atoms with Gasteiger partial charge < -0.3 is 0 Å². The Morgan fingerprint density at radius 1 is 1.03 bits per heavy atom. The molecule has 4 rings (SSSR count). The van der Waals surface area contributed by atoms with E-state index in [4.69, 9.17) is 0 Å². The number of amides is 2. The van der Waals surface area contributed by atoms with E-state index in [0.717, 1.165) is 37.5 Å². The van der Waals surface area contributed by atoms with Gasteiger partial charge in [-0.15, -0.1) is 23.1 Å². The second-order valence-electron chi connectivity index (χ2n) is 6.99. The number of hydrogen-bond acceptors (Lipinski definition) is 7. The lowest BCUT2D eigenvalue weighted by Crippen LogP contribution is -2.42. The number of thioether (sulfide) groups is 2. The Balaban J connectivity index is 1.24. The molecule has 2 aromatic heterocycles. The second-order valence-corrected chi connectivity index (χ2v) is 10.2. The number of carbonyl (C=O) groups is 2. The van der Waals surface area contributed by atoms with Gasteiger partial charge in [-0.3, -0.25) is 25.5 Å². The zero-order valence-corrected chi connectivity index (χ0v) is 19.9. The van der Waals surface area contributed by atoms with Crippen LogP contribution in [0.2, 0.25) is 0 Å². The van der Waals surface area contributed by atoms with Crippen LogP contribution < -0.4 is 10.9 Å². The number of aromatic nitrogens is 3. The fraction of sp³-hybridized carbons (Fsp3) is 0.182. The number of para-hydroxylation sites is 1. The molecule has 3 N–H and O–H groups in total. The maximum Gasteiger partial charge on any atom is 0.269 e. The predicted octanol–water partition coefficient (Wildman–Crippen LogP) is 4.48. The third-order valence-corrected chi connectivity index (χ3v) is 8.12. The summed E-state index contributed by atoms with van der Waals surface area (Å²) in [6, 6.07) is 15.4. The van der Waals surface area contributed by atoms with Gasteiger partial charge in [0.05, 0.1) is 26.6 Å². The number of hydrazine groups is 1. The van der Waals surface area contributed by atoms with Crippen LogP contribution >= 0.6 is 34.9 Å². The highest BCUT2D eigenvalue weighted by Crippen LogP contribution is 2.31. The summed E-state index contributed by atoms with van der Waals surface area (Å²) in [5.74, 6) is 0.308. The highest BCUT2D eigenvalue weighted by Gasteiger charge is 2.12. The number of carbonyl (C=O) groups excluding carboxylic acids is 2. The van der Waals surface area contributed by atoms with Gasteiger partial charge in [0.1, 0.15) is 0 Å². The topological polar surface area (TPSA) is 99.8 Å². The molecule has 0 bridgehead atoms. The molecule has 0 saturated heterocycles. The van der Waals surface area contributed by atoms with Gasteiger partial charge in [0.15, 0.2) is 4.34 Å². The minimum absolute atomic E-state index is 0.184. The fourth-order valence-corrected chi connectivity index (χ4v) is 5.82. The highest BCUT2D eigenvalue weighted by molar-refractivity contribution is 8.00. The molecule has 7 nitrogen and oxygen atoms in total. The molecular formula is C22H21N5O2S3. The summed E-state index contributed by atoms with van der Waals surface area (Å²) in [5.41, 5.74) is 9.28. The minimum Gasteiger partial charge on any atom is -0.281 e. The highest BCUT2D eigenvalue weighted by atomic mass is 32.2. The van der Waals surface area contributed by atoms with Crippen LogP contribution in [0.15, 0.2) is 57.8 Å². The molecule has 0 saturated carbocycles. The zero-order valence-electron chi connectivity index (χ0n) is 17.5. The number of thiazole rings is 1. The number of hydrogen-bond donors (Lipinski definition) is 3. The Labute approximate surface area is 197 Å². The largest absolute Gasteiger partial charge is 0.281 e. The quantitative estimate of drug-likeness (QED) is 0.265. The summed E-state index contributed by atoms with van der Waals surface area (Å²) in [6.45, 7) is 3.79. The molecule has 0 atom stereocenters. The monoisotopic (exact) mass is 483 g/mol. The van der Waals surface area contributed by atoms with Crippen molar-refractivity contribution >= 4 is 56.9 Å². The lowest BCUT2D eigenvalue weighted by molar-refractivity contribution is -0.119. The van der Waals surface area contributed by atoms with Gasteiger partial charge in [0.2, 0.25) is 5.91 Å². The lowest BCUT2D eigenvalue weighted by Gasteiger charge is -2.08. The van der Waals surface area contributed by atoms with Crippen molar-refractivity contribution in [2.75, 3.05) is 5.75 Å². The first kappa shape index (κ1) is 22.4. The third-order valence-electron chi connectivity index (χ3n) is 4.58. The van der Waals surface area contributed by atoms with Crippen molar-refractivity contribution in [3.8, 4) is 0 Å². The van der Waals surface area contributed by atoms with E-state index in [-0.39, 0.29) is 17.6 Å². The van der Waals surface area contributed by atoms with Crippen LogP contribution in [0, 0.1) is 13.8 Å². The lowest BCUT2D eigenvalue weighted by atomic mass is 10.1. The molecule has 0 aliphatic heterocycles. The maximum absolute atomic E-state index is 12.3. The van der Waals surface area contributed by atoms with Crippen molar-refractivity contribution in [2.24, 2.45) is 0 Å². The van der Waals surface area contributed by atoms with Gasteiger partial charge in [0.25, 0.3) is 5.91 Å². The van der Waals surface area contributed by atoms with E-state index >= 15 is 0 Å². The van der Waals surface area contributed by atoms with E-state index in [1.807, 2.05) is 44.2 Å². The van der Waals surface area contributed by atoms with Crippen LogP contribution in [0.3, 0.4) is 0 Å². The Bertz CT molecular complexity index is 1200. The summed E-state index contributed by atoms with van der Waals surface area (Å²) >= 11 is 4.73. The molecule has 0 aliphatic rings. The van der Waals surface area contributed by atoms with Crippen LogP contribution in [0.5, 0.6) is 0 Å². The number of fused-ring (bicyclic) bond motifs is 1. The molecule has 164 valence electrons. The van der Waals surface area contributed by atoms with Crippen molar-refractivity contribution in [3.63, 3.8) is 0 Å². The molecule has 0 aliphatic carbocycles. The average Bonchev–Trinajstić information content (AvgIpc) is 3.37. The van der Waals surface area contributed by atoms with Crippen LogP contribution in [-0.4, -0.2) is 32.7 Å². The van der Waals surface area contributed by atoms with Gasteiger partial charge in [-0.05, 0) is 43.7 Å². The first-order valence-electron chi connectivity index (χ1n) is 9.80. The van der Waals surface area contributed by atoms with Gasteiger partial charge in [0, 0.05) is 17.0 Å². The van der Waals surface area contributed by atoms with Crippen molar-refractivity contribution in [2.45, 2.75) is 28.8 Å². The standard InChI is InChI=1S/C22H21N5O2S3/c1-13-20(14(2)25-24-13)30-12-19(28)26-27-21(29)16-9-7-15(8-10-16)11-31-22-23-17-5-3-4-6-18(17)32-22/h3-10H,11-12H2,1-2H3,(H,24,25)(H,26,28)(H,27,29). The van der Waals surface area contributed by atoms with E-state index in [2.05, 4.69) is 32.1 Å². The van der Waals surface area contributed by atoms with Gasteiger partial charge in [-0.25, -0.2) is 4.98 Å². The van der Waals surface area contributed by atoms with Gasteiger partial charge in [-0.2, -0.15) is 5.10 Å². The molecule has 0 radical (unpaired) electrons. The Morgan fingerprint density at radius 3 is 2.53 bits per heavy atom. The SMILES string of the molecule is Cc1n[nH]c(C)c1SCC(=O)NNC(=O)c1ccc(CSc2nc3ccccc3s2)cc1. The van der Waals surface area contributed by atoms with Gasteiger partial charge in [-0.1, -0.05) is 36.0 Å². The van der Waals surface area contributed by atoms with Crippen molar-refractivity contribution in [1.82, 2.24) is 26.0 Å². The Morgan fingerprint density at radius 2 is 1.81 bits per heavy atom. The van der Waals surface area contributed by atoms with E-state index < -0.39 is 0 Å². The van der Waals surface area contributed by atoms with Crippen LogP contribution in [-0.2, 0) is 10.5 Å². The van der Waals surface area contributed by atoms with E-state index in [1.165, 1.54) is 16.5 Å².